The minimum atomic E-state index is -2.41. The van der Waals surface area contributed by atoms with Crippen LogP contribution in [-0.4, -0.2) is 37.9 Å². The summed E-state index contributed by atoms with van der Waals surface area (Å²) in [5.41, 5.74) is 1.07. The fraction of sp³-hybridized carbons (Fsp3) is 0.250. The summed E-state index contributed by atoms with van der Waals surface area (Å²) in [6, 6.07) is 13.5. The topological polar surface area (TPSA) is 83.8 Å². The van der Waals surface area contributed by atoms with Gasteiger partial charge in [-0.25, -0.2) is 8.42 Å². The Morgan fingerprint density at radius 1 is 1.09 bits per heavy atom. The van der Waals surface area contributed by atoms with Gasteiger partial charge in [-0.3, -0.25) is 0 Å². The van der Waals surface area contributed by atoms with Crippen LogP contribution in [-0.2, 0) is 10.7 Å². The highest BCUT2D eigenvalue weighted by Crippen LogP contribution is 2.15. The van der Waals surface area contributed by atoms with Crippen LogP contribution in [0, 0.1) is 6.92 Å². The molecule has 0 fully saturated rings. The molecular weight excluding hydrogens is 340 g/mol. The second-order valence-corrected chi connectivity index (χ2v) is 6.16. The van der Waals surface area contributed by atoms with E-state index in [1.54, 1.807) is 48.5 Å². The fourth-order valence-corrected chi connectivity index (χ4v) is 1.96. The first kappa shape index (κ1) is 19.4. The van der Waals surface area contributed by atoms with Crippen LogP contribution in [0.5, 0.6) is 5.75 Å². The van der Waals surface area contributed by atoms with Crippen molar-refractivity contribution in [3.63, 3.8) is 0 Å². The fourth-order valence-electron chi connectivity index (χ4n) is 1.44. The third-order valence-electron chi connectivity index (χ3n) is 2.71. The third kappa shape index (κ3) is 7.99. The summed E-state index contributed by atoms with van der Waals surface area (Å²) in [7, 11) is -2.41. The van der Waals surface area contributed by atoms with Crippen molar-refractivity contribution in [3.8, 4) is 5.75 Å². The zero-order chi connectivity index (χ0) is 17.2. The Morgan fingerprint density at radius 2 is 1.65 bits per heavy atom. The molecule has 0 aromatic heterocycles. The number of thiol groups is 1. The van der Waals surface area contributed by atoms with E-state index in [0.717, 1.165) is 5.56 Å². The molecule has 0 unspecified atom stereocenters. The highest BCUT2D eigenvalue weighted by atomic mass is 35.5. The third-order valence-corrected chi connectivity index (χ3v) is 3.68. The SMILES string of the molecule is Cc1ccc([SH](=O)=O)cc1.OC[C@@H](O)COc1ccc(Cl)cc1. The van der Waals surface area contributed by atoms with Gasteiger partial charge >= 0.3 is 0 Å². The minimum absolute atomic E-state index is 0.0815. The van der Waals surface area contributed by atoms with Crippen molar-refractivity contribution >= 4 is 22.3 Å². The molecule has 2 N–H and O–H groups in total. The van der Waals surface area contributed by atoms with Gasteiger partial charge in [0.15, 0.2) is 10.7 Å². The molecule has 0 heterocycles. The molecule has 0 aliphatic heterocycles. The maximum atomic E-state index is 10.3. The number of aryl methyl sites for hydroxylation is 1. The zero-order valence-electron chi connectivity index (χ0n) is 12.6. The second kappa shape index (κ2) is 10.2. The van der Waals surface area contributed by atoms with E-state index in [-0.39, 0.29) is 13.2 Å². The van der Waals surface area contributed by atoms with Crippen LogP contribution in [0.15, 0.2) is 53.4 Å². The Balaban J connectivity index is 0.000000238. The number of benzene rings is 2. The van der Waals surface area contributed by atoms with E-state index in [2.05, 4.69) is 0 Å². The number of hydrogen-bond acceptors (Lipinski definition) is 5. The van der Waals surface area contributed by atoms with E-state index in [4.69, 9.17) is 26.6 Å². The molecule has 0 saturated heterocycles. The van der Waals surface area contributed by atoms with E-state index in [9.17, 15) is 8.42 Å². The average Bonchev–Trinajstić information content (AvgIpc) is 2.55. The number of halogens is 1. The molecule has 0 amide bonds. The summed E-state index contributed by atoms with van der Waals surface area (Å²) in [5, 5.41) is 18.1. The predicted molar refractivity (Wildman–Crippen MR) is 89.8 cm³/mol. The molecule has 1 atom stereocenters. The first-order valence-electron chi connectivity index (χ1n) is 6.80. The van der Waals surface area contributed by atoms with Crippen LogP contribution >= 0.6 is 11.6 Å². The molecule has 2 rings (SSSR count). The van der Waals surface area contributed by atoms with Gasteiger partial charge in [-0.1, -0.05) is 29.3 Å². The molecule has 0 aliphatic carbocycles. The van der Waals surface area contributed by atoms with E-state index in [0.29, 0.717) is 15.7 Å². The summed E-state index contributed by atoms with van der Waals surface area (Å²) in [6.45, 7) is 1.70. The van der Waals surface area contributed by atoms with Gasteiger partial charge < -0.3 is 14.9 Å². The molecule has 0 saturated carbocycles. The van der Waals surface area contributed by atoms with Crippen molar-refractivity contribution in [2.24, 2.45) is 0 Å². The number of hydrogen-bond donors (Lipinski definition) is 3. The first-order valence-corrected chi connectivity index (χ1v) is 8.36. The largest absolute Gasteiger partial charge is 0.491 e. The highest BCUT2D eigenvalue weighted by Gasteiger charge is 2.02. The van der Waals surface area contributed by atoms with Gasteiger partial charge in [-0.15, -0.1) is 0 Å². The lowest BCUT2D eigenvalue weighted by Crippen LogP contribution is -2.21. The van der Waals surface area contributed by atoms with E-state index in [1.165, 1.54) is 0 Å². The maximum absolute atomic E-state index is 10.3. The molecule has 7 heteroatoms. The van der Waals surface area contributed by atoms with Gasteiger partial charge in [0.25, 0.3) is 0 Å². The smallest absolute Gasteiger partial charge is 0.168 e. The van der Waals surface area contributed by atoms with Crippen LogP contribution in [0.1, 0.15) is 5.56 Å². The van der Waals surface area contributed by atoms with Gasteiger partial charge in [0, 0.05) is 5.02 Å². The lowest BCUT2D eigenvalue weighted by atomic mass is 10.2. The van der Waals surface area contributed by atoms with Crippen molar-refractivity contribution in [2.75, 3.05) is 13.2 Å². The summed E-state index contributed by atoms with van der Waals surface area (Å²) in [6.07, 6.45) is -0.837. The Hall–Kier alpha value is -1.60. The van der Waals surface area contributed by atoms with Gasteiger partial charge in [-0.05, 0) is 43.3 Å². The van der Waals surface area contributed by atoms with Crippen LogP contribution in [0.4, 0.5) is 0 Å². The predicted octanol–water partition coefficient (Wildman–Crippen LogP) is 2.04. The first-order chi connectivity index (χ1) is 10.9. The minimum Gasteiger partial charge on any atom is -0.491 e. The molecule has 126 valence electrons. The monoisotopic (exact) mass is 358 g/mol. The zero-order valence-corrected chi connectivity index (χ0v) is 14.2. The molecule has 2 aromatic carbocycles. The molecule has 2 aromatic rings. The quantitative estimate of drug-likeness (QED) is 0.712. The maximum Gasteiger partial charge on any atom is 0.168 e. The van der Waals surface area contributed by atoms with Crippen LogP contribution in [0.25, 0.3) is 0 Å². The van der Waals surface area contributed by atoms with Crippen molar-refractivity contribution in [1.29, 1.82) is 0 Å². The van der Waals surface area contributed by atoms with Crippen molar-refractivity contribution < 1.29 is 23.4 Å². The molecule has 0 aliphatic rings. The summed E-state index contributed by atoms with van der Waals surface area (Å²) in [5.74, 6) is 0.622. The number of aliphatic hydroxyl groups excluding tert-OH is 2. The van der Waals surface area contributed by atoms with Gasteiger partial charge in [0.1, 0.15) is 18.5 Å². The molecule has 0 spiro atoms. The Bertz CT molecular complexity index is 645. The van der Waals surface area contributed by atoms with Gasteiger partial charge in [0.05, 0.1) is 11.5 Å². The average molecular weight is 359 g/mol. The number of ether oxygens (including phenoxy) is 1. The summed E-state index contributed by atoms with van der Waals surface area (Å²) >= 11 is 5.66. The van der Waals surface area contributed by atoms with Gasteiger partial charge in [0.2, 0.25) is 0 Å². The Kier molecular flexibility index (Phi) is 8.65. The normalized spacial score (nSPS) is 11.5. The molecular formula is C16H19ClO5S. The Morgan fingerprint density at radius 3 is 2.13 bits per heavy atom. The van der Waals surface area contributed by atoms with Crippen LogP contribution < -0.4 is 4.74 Å². The highest BCUT2D eigenvalue weighted by molar-refractivity contribution is 7.72. The van der Waals surface area contributed by atoms with E-state index < -0.39 is 16.8 Å². The van der Waals surface area contributed by atoms with Crippen LogP contribution in [0.3, 0.4) is 0 Å². The van der Waals surface area contributed by atoms with E-state index in [1.807, 2.05) is 6.92 Å². The molecule has 0 radical (unpaired) electrons. The van der Waals surface area contributed by atoms with Crippen LogP contribution in [0.2, 0.25) is 5.02 Å². The lowest BCUT2D eigenvalue weighted by molar-refractivity contribution is 0.0536. The van der Waals surface area contributed by atoms with Crippen molar-refractivity contribution in [1.82, 2.24) is 0 Å². The van der Waals surface area contributed by atoms with Crippen molar-refractivity contribution in [3.05, 3.63) is 59.1 Å². The van der Waals surface area contributed by atoms with Crippen molar-refractivity contribution in [2.45, 2.75) is 17.9 Å². The standard InChI is InChI=1S/C9H11ClO3.C7H8O2S/c10-7-1-3-9(4-2-7)13-6-8(12)5-11;1-6-2-4-7(5-3-6)10(8)9/h1-4,8,11-12H,5-6H2;2-5,10H,1H3/t8-;/m1./s1. The molecule has 23 heavy (non-hydrogen) atoms. The summed E-state index contributed by atoms with van der Waals surface area (Å²) < 4.78 is 25.8. The second-order valence-electron chi connectivity index (χ2n) is 4.69. The lowest BCUT2D eigenvalue weighted by Gasteiger charge is -2.09. The summed E-state index contributed by atoms with van der Waals surface area (Å²) in [4.78, 5) is 0.376. The number of aliphatic hydroxyl groups is 2. The Labute approximate surface area is 142 Å². The molecule has 5 nitrogen and oxygen atoms in total. The number of rotatable bonds is 5. The molecule has 0 bridgehead atoms. The van der Waals surface area contributed by atoms with E-state index >= 15 is 0 Å². The van der Waals surface area contributed by atoms with Gasteiger partial charge in [-0.2, -0.15) is 0 Å².